The minimum Gasteiger partial charge on any atom is -0.465 e. The lowest BCUT2D eigenvalue weighted by Gasteiger charge is -2.09. The van der Waals surface area contributed by atoms with Crippen molar-refractivity contribution >= 4 is 49.1 Å². The van der Waals surface area contributed by atoms with Crippen LogP contribution in [0.2, 0.25) is 0 Å². The van der Waals surface area contributed by atoms with Gasteiger partial charge in [-0.3, -0.25) is 14.3 Å². The van der Waals surface area contributed by atoms with Crippen molar-refractivity contribution < 1.29 is 36.6 Å². The van der Waals surface area contributed by atoms with Gasteiger partial charge in [0.05, 0.1) is 21.7 Å². The molecule has 0 atom stereocenters. The maximum atomic E-state index is 13.2. The number of carbonyl (C=O) groups excluding carboxylic acids is 2. The SMILES string of the molecule is CCOC(=O)Cn1c(=NC(=O)c2cccc(NS(=O)(=O)c3ccc(F)cc3)c2)sc2cc3c(cc21)OCO3. The summed E-state index contributed by atoms with van der Waals surface area (Å²) in [7, 11) is -4.02. The Labute approximate surface area is 220 Å². The molecule has 1 aliphatic rings. The van der Waals surface area contributed by atoms with Crippen LogP contribution in [0.3, 0.4) is 0 Å². The Balaban J connectivity index is 1.49. The van der Waals surface area contributed by atoms with Crippen LogP contribution in [-0.4, -0.2) is 38.3 Å². The molecule has 13 heteroatoms. The van der Waals surface area contributed by atoms with Gasteiger partial charge in [0.1, 0.15) is 12.4 Å². The topological polar surface area (TPSA) is 125 Å². The average molecular weight is 558 g/mol. The third-order valence-electron chi connectivity index (χ3n) is 5.45. The number of halogens is 1. The maximum Gasteiger partial charge on any atom is 0.326 e. The summed E-state index contributed by atoms with van der Waals surface area (Å²) < 4.78 is 59.1. The monoisotopic (exact) mass is 557 g/mol. The van der Waals surface area contributed by atoms with E-state index in [0.29, 0.717) is 21.7 Å². The Hall–Kier alpha value is -4.23. The van der Waals surface area contributed by atoms with Crippen LogP contribution in [-0.2, 0) is 26.1 Å². The Bertz CT molecular complexity index is 1730. The van der Waals surface area contributed by atoms with Crippen LogP contribution in [0.25, 0.3) is 10.2 Å². The first kappa shape index (κ1) is 25.4. The second-order valence-corrected chi connectivity index (χ2v) is 10.7. The van der Waals surface area contributed by atoms with E-state index in [9.17, 15) is 22.4 Å². The number of hydrogen-bond donors (Lipinski definition) is 1. The number of anilines is 1. The number of sulfonamides is 1. The van der Waals surface area contributed by atoms with Gasteiger partial charge in [-0.15, -0.1) is 0 Å². The minimum atomic E-state index is -4.02. The first-order chi connectivity index (χ1) is 18.2. The standard InChI is InChI=1S/C25H20FN3O7S2/c1-2-34-23(30)13-29-19-11-20-21(36-14-35-20)12-22(19)37-25(29)27-24(31)15-4-3-5-17(10-15)28-38(32,33)18-8-6-16(26)7-9-18/h3-12,28H,2,13-14H2,1H3. The van der Waals surface area contributed by atoms with Crippen molar-refractivity contribution in [2.75, 3.05) is 18.1 Å². The largest absolute Gasteiger partial charge is 0.465 e. The molecule has 38 heavy (non-hydrogen) atoms. The molecule has 4 aromatic rings. The third kappa shape index (κ3) is 5.24. The summed E-state index contributed by atoms with van der Waals surface area (Å²) in [5.41, 5.74) is 0.843. The van der Waals surface area contributed by atoms with Crippen molar-refractivity contribution in [3.8, 4) is 11.5 Å². The number of nitrogens with one attached hydrogen (secondary N) is 1. The zero-order valence-corrected chi connectivity index (χ0v) is 21.5. The van der Waals surface area contributed by atoms with E-state index in [-0.39, 0.29) is 40.9 Å². The molecule has 10 nitrogen and oxygen atoms in total. The molecule has 196 valence electrons. The second kappa shape index (κ2) is 10.3. The Morgan fingerprint density at radius 3 is 2.58 bits per heavy atom. The number of aromatic nitrogens is 1. The van der Waals surface area contributed by atoms with Crippen LogP contribution >= 0.6 is 11.3 Å². The predicted molar refractivity (Wildman–Crippen MR) is 136 cm³/mol. The fourth-order valence-corrected chi connectivity index (χ4v) is 5.82. The van der Waals surface area contributed by atoms with Crippen LogP contribution in [0.5, 0.6) is 11.5 Å². The van der Waals surface area contributed by atoms with Gasteiger partial charge in [-0.1, -0.05) is 17.4 Å². The second-order valence-electron chi connectivity index (χ2n) is 8.01. The lowest BCUT2D eigenvalue weighted by atomic mass is 10.2. The minimum absolute atomic E-state index is 0.0848. The van der Waals surface area contributed by atoms with Crippen molar-refractivity contribution in [1.82, 2.24) is 4.57 Å². The van der Waals surface area contributed by atoms with Gasteiger partial charge in [-0.2, -0.15) is 4.99 Å². The fraction of sp³-hybridized carbons (Fsp3) is 0.160. The predicted octanol–water partition coefficient (Wildman–Crippen LogP) is 3.68. The number of benzene rings is 3. The van der Waals surface area contributed by atoms with Crippen molar-refractivity contribution in [3.63, 3.8) is 0 Å². The number of amides is 1. The Morgan fingerprint density at radius 2 is 1.84 bits per heavy atom. The van der Waals surface area contributed by atoms with Crippen molar-refractivity contribution in [3.05, 3.63) is 76.8 Å². The Kier molecular flexibility index (Phi) is 6.87. The fourth-order valence-electron chi connectivity index (χ4n) is 3.73. The van der Waals surface area contributed by atoms with Gasteiger partial charge < -0.3 is 18.8 Å². The Morgan fingerprint density at radius 1 is 1.11 bits per heavy atom. The van der Waals surface area contributed by atoms with Gasteiger partial charge in [0.2, 0.25) is 6.79 Å². The summed E-state index contributed by atoms with van der Waals surface area (Å²) in [6.07, 6.45) is 0. The van der Waals surface area contributed by atoms with Crippen LogP contribution in [0.1, 0.15) is 17.3 Å². The number of carbonyl (C=O) groups is 2. The smallest absolute Gasteiger partial charge is 0.326 e. The third-order valence-corrected chi connectivity index (χ3v) is 7.89. The molecule has 0 unspecified atom stereocenters. The maximum absolute atomic E-state index is 13.2. The molecule has 5 rings (SSSR count). The molecule has 0 aliphatic carbocycles. The molecule has 3 aromatic carbocycles. The van der Waals surface area contributed by atoms with Crippen LogP contribution in [0.4, 0.5) is 10.1 Å². The van der Waals surface area contributed by atoms with E-state index in [4.69, 9.17) is 14.2 Å². The number of rotatable bonds is 7. The molecule has 0 bridgehead atoms. The summed E-state index contributed by atoms with van der Waals surface area (Å²) in [5.74, 6) is -0.676. The highest BCUT2D eigenvalue weighted by Crippen LogP contribution is 2.37. The first-order valence-corrected chi connectivity index (χ1v) is 13.6. The average Bonchev–Trinajstić information content (AvgIpc) is 3.46. The van der Waals surface area contributed by atoms with Crippen molar-refractivity contribution in [1.29, 1.82) is 0 Å². The highest BCUT2D eigenvalue weighted by atomic mass is 32.2. The number of thiazole rings is 1. The molecule has 1 aromatic heterocycles. The van der Waals surface area contributed by atoms with E-state index in [2.05, 4.69) is 9.71 Å². The van der Waals surface area contributed by atoms with Crippen LogP contribution in [0, 0.1) is 5.82 Å². The molecular formula is C25H20FN3O7S2. The van der Waals surface area contributed by atoms with Crippen molar-refractivity contribution in [2.24, 2.45) is 4.99 Å². The summed E-state index contributed by atoms with van der Waals surface area (Å²) in [6.45, 7) is 1.79. The molecule has 0 radical (unpaired) electrons. The molecule has 0 fully saturated rings. The van der Waals surface area contributed by atoms with E-state index in [1.54, 1.807) is 23.6 Å². The first-order valence-electron chi connectivity index (χ1n) is 11.3. The van der Waals surface area contributed by atoms with Gasteiger partial charge in [0.25, 0.3) is 15.9 Å². The van der Waals surface area contributed by atoms with E-state index in [0.717, 1.165) is 24.3 Å². The van der Waals surface area contributed by atoms with Gasteiger partial charge in [-0.05, 0) is 49.4 Å². The van der Waals surface area contributed by atoms with E-state index >= 15 is 0 Å². The number of hydrogen-bond acceptors (Lipinski definition) is 8. The molecule has 0 spiro atoms. The van der Waals surface area contributed by atoms with Gasteiger partial charge in [0.15, 0.2) is 16.3 Å². The highest BCUT2D eigenvalue weighted by molar-refractivity contribution is 7.92. The number of esters is 1. The normalized spacial score (nSPS) is 13.1. The van der Waals surface area contributed by atoms with Gasteiger partial charge in [-0.25, -0.2) is 12.8 Å². The zero-order chi connectivity index (χ0) is 26.9. The number of ether oxygens (including phenoxy) is 3. The van der Waals surface area contributed by atoms with Gasteiger partial charge in [0, 0.05) is 23.4 Å². The van der Waals surface area contributed by atoms with Crippen LogP contribution < -0.4 is 19.0 Å². The molecule has 0 saturated heterocycles. The molecule has 1 N–H and O–H groups in total. The molecule has 1 aliphatic heterocycles. The quantitative estimate of drug-likeness (QED) is 0.344. The summed E-state index contributed by atoms with van der Waals surface area (Å²) >= 11 is 1.18. The molecule has 0 saturated carbocycles. The molecule has 2 heterocycles. The van der Waals surface area contributed by atoms with E-state index in [1.807, 2.05) is 0 Å². The molecular weight excluding hydrogens is 537 g/mol. The van der Waals surface area contributed by atoms with Crippen LogP contribution in [0.15, 0.2) is 70.6 Å². The lowest BCUT2D eigenvalue weighted by molar-refractivity contribution is -0.143. The lowest BCUT2D eigenvalue weighted by Crippen LogP contribution is -2.23. The highest BCUT2D eigenvalue weighted by Gasteiger charge is 2.20. The summed E-state index contributed by atoms with van der Waals surface area (Å²) in [6, 6.07) is 13.6. The van der Waals surface area contributed by atoms with E-state index < -0.39 is 27.7 Å². The van der Waals surface area contributed by atoms with Crippen molar-refractivity contribution in [2.45, 2.75) is 18.4 Å². The van der Waals surface area contributed by atoms with E-state index in [1.165, 1.54) is 35.6 Å². The number of nitrogens with zero attached hydrogens (tertiary/aromatic N) is 2. The van der Waals surface area contributed by atoms with Gasteiger partial charge >= 0.3 is 5.97 Å². The summed E-state index contributed by atoms with van der Waals surface area (Å²) in [5, 5.41) is 0. The zero-order valence-electron chi connectivity index (χ0n) is 19.8. The summed E-state index contributed by atoms with van der Waals surface area (Å²) in [4.78, 5) is 29.7. The number of fused-ring (bicyclic) bond motifs is 2. The molecule has 1 amide bonds.